The van der Waals surface area contributed by atoms with Gasteiger partial charge in [0.25, 0.3) is 11.5 Å². The molecule has 1 aliphatic rings. The summed E-state index contributed by atoms with van der Waals surface area (Å²) in [5, 5.41) is 12.0. The van der Waals surface area contributed by atoms with Crippen molar-refractivity contribution >= 4 is 67.5 Å². The lowest BCUT2D eigenvalue weighted by atomic mass is 9.95. The van der Waals surface area contributed by atoms with Crippen molar-refractivity contribution in [2.24, 2.45) is 4.99 Å². The van der Waals surface area contributed by atoms with Crippen LogP contribution in [0.3, 0.4) is 0 Å². The minimum Gasteiger partial charge on any atom is -0.497 e. The van der Waals surface area contributed by atoms with E-state index in [0.29, 0.717) is 48.9 Å². The molecular weight excluding hydrogens is 719 g/mol. The van der Waals surface area contributed by atoms with Crippen LogP contribution in [0.25, 0.3) is 6.08 Å². The summed E-state index contributed by atoms with van der Waals surface area (Å²) in [6, 6.07) is 21.4. The molecular formula is C30H22BrIN4O4S. The number of benzene rings is 3. The lowest BCUT2D eigenvalue weighted by Gasteiger charge is -2.25. The van der Waals surface area contributed by atoms with E-state index in [0.717, 1.165) is 8.04 Å². The van der Waals surface area contributed by atoms with Crippen molar-refractivity contribution in [3.63, 3.8) is 0 Å². The van der Waals surface area contributed by atoms with E-state index in [4.69, 9.17) is 19.7 Å². The number of halogens is 2. The Bertz CT molecular complexity index is 1910. The summed E-state index contributed by atoms with van der Waals surface area (Å²) in [6.45, 7) is 1.64. The van der Waals surface area contributed by atoms with Crippen LogP contribution in [0.4, 0.5) is 5.69 Å². The monoisotopic (exact) mass is 740 g/mol. The molecule has 5 rings (SSSR count). The molecule has 0 spiro atoms. The Morgan fingerprint density at radius 2 is 2.00 bits per heavy atom. The number of nitriles is 1. The maximum atomic E-state index is 14.1. The molecule has 1 aromatic heterocycles. The molecule has 0 aliphatic carbocycles. The molecule has 4 aromatic rings. The fraction of sp³-hybridized carbons (Fsp3) is 0.133. The van der Waals surface area contributed by atoms with Gasteiger partial charge in [0, 0.05) is 15.7 Å². The number of anilines is 1. The average Bonchev–Trinajstić information content (AvgIpc) is 3.26. The van der Waals surface area contributed by atoms with Crippen LogP contribution >= 0.6 is 49.9 Å². The number of fused-ring (bicyclic) bond motifs is 1. The second-order valence-electron chi connectivity index (χ2n) is 8.93. The third kappa shape index (κ3) is 6.00. The number of allylic oxidation sites excluding steroid dienone is 1. The van der Waals surface area contributed by atoms with Gasteiger partial charge in [0.2, 0.25) is 0 Å². The number of hydrogen-bond donors (Lipinski definition) is 1. The van der Waals surface area contributed by atoms with E-state index in [9.17, 15) is 9.59 Å². The Morgan fingerprint density at radius 3 is 2.73 bits per heavy atom. The zero-order valence-corrected chi connectivity index (χ0v) is 26.4. The number of nitrogens with zero attached hydrogens (tertiary/aromatic N) is 3. The summed E-state index contributed by atoms with van der Waals surface area (Å²) in [7, 11) is 1.57. The van der Waals surface area contributed by atoms with Gasteiger partial charge in [-0.05, 0) is 77.6 Å². The first-order valence-corrected chi connectivity index (χ1v) is 15.0. The van der Waals surface area contributed by atoms with E-state index in [1.165, 1.54) is 11.3 Å². The lowest BCUT2D eigenvalue weighted by molar-refractivity contribution is -0.113. The summed E-state index contributed by atoms with van der Waals surface area (Å²) in [5.41, 5.74) is 2.54. The first kappa shape index (κ1) is 28.8. The molecule has 0 saturated carbocycles. The van der Waals surface area contributed by atoms with Crippen LogP contribution in [-0.2, 0) is 4.79 Å². The molecule has 3 aromatic carbocycles. The molecule has 1 N–H and O–H groups in total. The maximum Gasteiger partial charge on any atom is 0.271 e. The number of hydrogen-bond acceptors (Lipinski definition) is 7. The van der Waals surface area contributed by atoms with Crippen LogP contribution in [-0.4, -0.2) is 24.2 Å². The Balaban J connectivity index is 1.70. The predicted molar refractivity (Wildman–Crippen MR) is 170 cm³/mol. The quantitative estimate of drug-likeness (QED) is 0.264. The van der Waals surface area contributed by atoms with Gasteiger partial charge in [0.05, 0.1) is 32.5 Å². The van der Waals surface area contributed by atoms with Gasteiger partial charge in [-0.25, -0.2) is 4.99 Å². The van der Waals surface area contributed by atoms with Crippen LogP contribution in [0, 0.1) is 14.9 Å². The molecule has 0 bridgehead atoms. The van der Waals surface area contributed by atoms with Gasteiger partial charge in [-0.2, -0.15) is 5.26 Å². The Hall–Kier alpha value is -3.73. The lowest BCUT2D eigenvalue weighted by Crippen LogP contribution is -2.40. The van der Waals surface area contributed by atoms with E-state index in [2.05, 4.69) is 43.8 Å². The fourth-order valence-corrected chi connectivity index (χ4v) is 7.29. The highest BCUT2D eigenvalue weighted by Gasteiger charge is 2.33. The largest absolute Gasteiger partial charge is 0.497 e. The van der Waals surface area contributed by atoms with Crippen LogP contribution < -0.4 is 29.7 Å². The standard InChI is InChI=1S/C30H22BrIN4O4S/c1-17-25(28(37)35-21-8-4-3-5-9-21)26(18-7-6-10-22(14-18)39-2)36-29(38)24(41-30(36)34-17)15-19-13-20(31)16-23(32)27(19)40-12-11-33/h3-10,13-16,26H,12H2,1-2H3,(H,35,37)/b24-15-/t26-/m1/s1. The number of thiazole rings is 1. The molecule has 1 amide bonds. The third-order valence-corrected chi connectivity index (χ3v) is 8.55. The van der Waals surface area contributed by atoms with Crippen LogP contribution in [0.15, 0.2) is 92.3 Å². The van der Waals surface area contributed by atoms with E-state index < -0.39 is 6.04 Å². The van der Waals surface area contributed by atoms with Gasteiger partial charge in [-0.3, -0.25) is 14.2 Å². The Morgan fingerprint density at radius 1 is 1.22 bits per heavy atom. The summed E-state index contributed by atoms with van der Waals surface area (Å²) >= 11 is 6.87. The van der Waals surface area contributed by atoms with E-state index in [-0.39, 0.29) is 18.1 Å². The SMILES string of the molecule is COc1cccc([C@@H]2C(C(=O)Nc3ccccc3)=C(C)N=c3s/c(=C\c4cc(Br)cc(I)c4OCC#N)c(=O)n32)c1. The van der Waals surface area contributed by atoms with E-state index in [1.54, 1.807) is 36.8 Å². The van der Waals surface area contributed by atoms with Gasteiger partial charge in [0.15, 0.2) is 11.4 Å². The summed E-state index contributed by atoms with van der Waals surface area (Å²) in [4.78, 5) is 33.0. The van der Waals surface area contributed by atoms with E-state index >= 15 is 0 Å². The zero-order chi connectivity index (χ0) is 29.1. The zero-order valence-electron chi connectivity index (χ0n) is 21.9. The van der Waals surface area contributed by atoms with Gasteiger partial charge >= 0.3 is 0 Å². The third-order valence-electron chi connectivity index (χ3n) is 6.31. The topological polar surface area (TPSA) is 106 Å². The summed E-state index contributed by atoms with van der Waals surface area (Å²) in [5.74, 6) is 0.753. The highest BCUT2D eigenvalue weighted by Crippen LogP contribution is 2.33. The Labute approximate surface area is 261 Å². The molecule has 206 valence electrons. The average molecular weight is 741 g/mol. The number of para-hydroxylation sites is 1. The first-order valence-electron chi connectivity index (χ1n) is 12.3. The summed E-state index contributed by atoms with van der Waals surface area (Å²) in [6.07, 6.45) is 1.73. The number of rotatable bonds is 7. The number of aromatic nitrogens is 1. The van der Waals surface area contributed by atoms with Crippen LogP contribution in [0.2, 0.25) is 0 Å². The number of carbonyl (C=O) groups excluding carboxylic acids is 1. The second kappa shape index (κ2) is 12.4. The normalized spacial score (nSPS) is 14.6. The van der Waals surface area contributed by atoms with Crippen molar-refractivity contribution in [2.45, 2.75) is 13.0 Å². The Kier molecular flexibility index (Phi) is 8.72. The molecule has 0 fully saturated rings. The van der Waals surface area contributed by atoms with Gasteiger partial charge in [0.1, 0.15) is 17.6 Å². The van der Waals surface area contributed by atoms with Crippen molar-refractivity contribution in [3.05, 3.63) is 117 Å². The van der Waals surface area contributed by atoms with Crippen molar-refractivity contribution in [1.82, 2.24) is 4.57 Å². The molecule has 1 aliphatic heterocycles. The molecule has 11 heteroatoms. The molecule has 2 heterocycles. The fourth-order valence-electron chi connectivity index (χ4n) is 4.54. The van der Waals surface area contributed by atoms with Crippen molar-refractivity contribution in [3.8, 4) is 17.6 Å². The number of methoxy groups -OCH3 is 1. The molecule has 8 nitrogen and oxygen atoms in total. The smallest absolute Gasteiger partial charge is 0.271 e. The van der Waals surface area contributed by atoms with Crippen LogP contribution in [0.1, 0.15) is 24.1 Å². The number of carbonyl (C=O) groups is 1. The molecule has 1 atom stereocenters. The van der Waals surface area contributed by atoms with Crippen LogP contribution in [0.5, 0.6) is 11.5 Å². The summed E-state index contributed by atoms with van der Waals surface area (Å²) < 4.78 is 14.7. The van der Waals surface area contributed by atoms with Gasteiger partial charge < -0.3 is 14.8 Å². The first-order chi connectivity index (χ1) is 19.8. The second-order valence-corrected chi connectivity index (χ2v) is 12.0. The number of ether oxygens (including phenoxy) is 2. The minimum atomic E-state index is -0.746. The highest BCUT2D eigenvalue weighted by molar-refractivity contribution is 14.1. The number of nitrogens with one attached hydrogen (secondary N) is 1. The molecule has 0 radical (unpaired) electrons. The molecule has 0 unspecified atom stereocenters. The maximum absolute atomic E-state index is 14.1. The van der Waals surface area contributed by atoms with E-state index in [1.807, 2.05) is 60.7 Å². The predicted octanol–water partition coefficient (Wildman–Crippen LogP) is 5.15. The van der Waals surface area contributed by atoms with Crippen molar-refractivity contribution < 1.29 is 14.3 Å². The molecule has 41 heavy (non-hydrogen) atoms. The number of amides is 1. The van der Waals surface area contributed by atoms with Gasteiger partial charge in [-0.15, -0.1) is 0 Å². The highest BCUT2D eigenvalue weighted by atomic mass is 127. The minimum absolute atomic E-state index is 0.130. The molecule has 0 saturated heterocycles. The van der Waals surface area contributed by atoms with Crippen molar-refractivity contribution in [1.29, 1.82) is 5.26 Å². The van der Waals surface area contributed by atoms with Crippen molar-refractivity contribution in [2.75, 3.05) is 19.0 Å². The van der Waals surface area contributed by atoms with Gasteiger partial charge in [-0.1, -0.05) is 57.6 Å².